The monoisotopic (exact) mass is 624 g/mol. The molecule has 0 bridgehead atoms. The van der Waals surface area contributed by atoms with Crippen LogP contribution >= 0.6 is 0 Å². The Morgan fingerprint density at radius 2 is 1.48 bits per heavy atom. The van der Waals surface area contributed by atoms with E-state index >= 15 is 0 Å². The maximum atomic E-state index is 13.7. The number of aromatic hydroxyl groups is 3. The maximum absolute atomic E-state index is 13.7. The smallest absolute Gasteiger partial charge is 0.239 e. The zero-order chi connectivity index (χ0) is 32.0. The van der Waals surface area contributed by atoms with Gasteiger partial charge in [0.25, 0.3) is 0 Å². The molecule has 240 valence electrons. The molecule has 0 aliphatic carbocycles. The average Bonchev–Trinajstić information content (AvgIpc) is 2.98. The zero-order valence-electron chi connectivity index (χ0n) is 23.3. The first-order valence-electron chi connectivity index (χ1n) is 13.4. The maximum Gasteiger partial charge on any atom is 0.239 e. The van der Waals surface area contributed by atoms with E-state index in [-0.39, 0.29) is 28.4 Å². The SMILES string of the molecule is COc1cc(-c2oc3cc(O)cc(O)c3c(=O)c2O[C@H]2O[C@@H](CO[C@@H]3O[C@@H](C)[C@H](O)[C@@H](O)[C@H]3O)[C@H](O)[C@@H](O)[C@@H]2O)ccc1O. The molecule has 2 aliphatic rings. The van der Waals surface area contributed by atoms with E-state index in [1.807, 2.05) is 0 Å². The molecule has 2 saturated heterocycles. The van der Waals surface area contributed by atoms with Crippen molar-refractivity contribution in [2.75, 3.05) is 13.7 Å². The van der Waals surface area contributed by atoms with Crippen LogP contribution < -0.4 is 14.9 Å². The number of methoxy groups -OCH3 is 1. The number of aliphatic hydroxyl groups is 6. The molecule has 3 aromatic rings. The molecule has 10 atom stereocenters. The summed E-state index contributed by atoms with van der Waals surface area (Å²) in [7, 11) is 1.28. The van der Waals surface area contributed by atoms with E-state index in [1.165, 1.54) is 32.2 Å². The fourth-order valence-corrected chi connectivity index (χ4v) is 4.99. The van der Waals surface area contributed by atoms with Gasteiger partial charge >= 0.3 is 0 Å². The van der Waals surface area contributed by atoms with E-state index in [2.05, 4.69) is 0 Å². The Hall–Kier alpha value is -3.71. The third-order valence-electron chi connectivity index (χ3n) is 7.50. The van der Waals surface area contributed by atoms with Gasteiger partial charge in [0, 0.05) is 17.7 Å². The molecule has 0 unspecified atom stereocenters. The Morgan fingerprint density at radius 3 is 2.18 bits per heavy atom. The van der Waals surface area contributed by atoms with Crippen LogP contribution in [0, 0.1) is 0 Å². The number of phenolic OH excluding ortho intramolecular Hbond substituents is 3. The van der Waals surface area contributed by atoms with Gasteiger partial charge in [-0.25, -0.2) is 0 Å². The highest BCUT2D eigenvalue weighted by Crippen LogP contribution is 2.39. The predicted molar refractivity (Wildman–Crippen MR) is 145 cm³/mol. The summed E-state index contributed by atoms with van der Waals surface area (Å²) in [6.07, 6.45) is -16.0. The van der Waals surface area contributed by atoms with Crippen molar-refractivity contribution in [3.8, 4) is 40.1 Å². The molecule has 1 aromatic heterocycles. The van der Waals surface area contributed by atoms with Gasteiger partial charge < -0.3 is 74.1 Å². The van der Waals surface area contributed by atoms with Crippen molar-refractivity contribution in [3.05, 3.63) is 40.6 Å². The van der Waals surface area contributed by atoms with Crippen LogP contribution in [0.3, 0.4) is 0 Å². The molecule has 0 spiro atoms. The first kappa shape index (κ1) is 31.7. The number of hydrogen-bond donors (Lipinski definition) is 9. The van der Waals surface area contributed by atoms with Gasteiger partial charge in [-0.2, -0.15) is 0 Å². The predicted octanol–water partition coefficient (Wildman–Crippen LogP) is -1.38. The first-order valence-corrected chi connectivity index (χ1v) is 13.4. The van der Waals surface area contributed by atoms with Gasteiger partial charge in [-0.05, 0) is 25.1 Å². The minimum Gasteiger partial charge on any atom is -0.508 e. The van der Waals surface area contributed by atoms with E-state index in [9.17, 15) is 50.8 Å². The molecule has 5 rings (SSSR count). The molecule has 2 aliphatic heterocycles. The van der Waals surface area contributed by atoms with Gasteiger partial charge in [0.2, 0.25) is 17.5 Å². The minimum absolute atomic E-state index is 0.0151. The van der Waals surface area contributed by atoms with E-state index in [4.69, 9.17) is 28.1 Å². The lowest BCUT2D eigenvalue weighted by atomic mass is 9.98. The second-order valence-electron chi connectivity index (χ2n) is 10.5. The molecular weight excluding hydrogens is 592 g/mol. The fourth-order valence-electron chi connectivity index (χ4n) is 4.99. The van der Waals surface area contributed by atoms with Gasteiger partial charge in [-0.3, -0.25) is 4.79 Å². The highest BCUT2D eigenvalue weighted by atomic mass is 16.7. The van der Waals surface area contributed by atoms with Crippen molar-refractivity contribution in [2.24, 2.45) is 0 Å². The van der Waals surface area contributed by atoms with Crippen LogP contribution in [0.25, 0.3) is 22.3 Å². The lowest BCUT2D eigenvalue weighted by molar-refractivity contribution is -0.318. The Labute approximate surface area is 248 Å². The lowest BCUT2D eigenvalue weighted by Gasteiger charge is -2.42. The van der Waals surface area contributed by atoms with Crippen molar-refractivity contribution in [3.63, 3.8) is 0 Å². The Bertz CT molecular complexity index is 1560. The molecule has 9 N–H and O–H groups in total. The molecule has 0 radical (unpaired) electrons. The quantitative estimate of drug-likeness (QED) is 0.147. The van der Waals surface area contributed by atoms with Crippen LogP contribution in [0.5, 0.6) is 28.7 Å². The van der Waals surface area contributed by atoms with Crippen molar-refractivity contribution in [1.29, 1.82) is 0 Å². The van der Waals surface area contributed by atoms with Crippen LogP contribution in [0.4, 0.5) is 0 Å². The molecule has 44 heavy (non-hydrogen) atoms. The largest absolute Gasteiger partial charge is 0.508 e. The van der Waals surface area contributed by atoms with E-state index in [0.29, 0.717) is 0 Å². The van der Waals surface area contributed by atoms with Gasteiger partial charge in [0.15, 0.2) is 23.5 Å². The van der Waals surface area contributed by atoms with Gasteiger partial charge in [-0.15, -0.1) is 0 Å². The highest BCUT2D eigenvalue weighted by molar-refractivity contribution is 5.88. The molecule has 16 nitrogen and oxygen atoms in total. The van der Waals surface area contributed by atoms with Crippen molar-refractivity contribution < 1.29 is 74.1 Å². The molecule has 0 saturated carbocycles. The van der Waals surface area contributed by atoms with Crippen molar-refractivity contribution in [2.45, 2.75) is 68.3 Å². The summed E-state index contributed by atoms with van der Waals surface area (Å²) in [4.78, 5) is 13.7. The second kappa shape index (κ2) is 12.4. The number of phenols is 3. The number of benzene rings is 2. The van der Waals surface area contributed by atoms with Gasteiger partial charge in [0.1, 0.15) is 65.2 Å². The van der Waals surface area contributed by atoms with Crippen LogP contribution in [0.2, 0.25) is 0 Å². The molecule has 3 heterocycles. The van der Waals surface area contributed by atoms with Crippen LogP contribution in [-0.4, -0.2) is 121 Å². The van der Waals surface area contributed by atoms with E-state index in [0.717, 1.165) is 12.1 Å². The highest BCUT2D eigenvalue weighted by Gasteiger charge is 2.47. The lowest BCUT2D eigenvalue weighted by Crippen LogP contribution is -2.61. The van der Waals surface area contributed by atoms with Crippen LogP contribution in [-0.2, 0) is 14.2 Å². The third kappa shape index (κ3) is 5.74. The summed E-state index contributed by atoms with van der Waals surface area (Å²) in [6, 6.07) is 5.83. The summed E-state index contributed by atoms with van der Waals surface area (Å²) in [5.74, 6) is -2.28. The summed E-state index contributed by atoms with van der Waals surface area (Å²) in [5, 5.41) is 92.1. The first-order chi connectivity index (χ1) is 20.8. The van der Waals surface area contributed by atoms with E-state index < -0.39 is 96.1 Å². The van der Waals surface area contributed by atoms with Crippen molar-refractivity contribution >= 4 is 11.0 Å². The van der Waals surface area contributed by atoms with E-state index in [1.54, 1.807) is 0 Å². The molecule has 2 aromatic carbocycles. The minimum atomic E-state index is -1.94. The number of rotatable bonds is 7. The topological polar surface area (TPSA) is 258 Å². The second-order valence-corrected chi connectivity index (χ2v) is 10.5. The normalized spacial score (nSPS) is 32.5. The summed E-state index contributed by atoms with van der Waals surface area (Å²) in [5.41, 5.74) is -1.11. The summed E-state index contributed by atoms with van der Waals surface area (Å²) < 4.78 is 33.2. The standard InChI is InChI=1S/C28H32O16/c1-9-18(32)21(35)23(37)27(41-9)40-8-16-19(33)22(36)24(38)28(43-16)44-26-20(34)17-13(31)6-11(29)7-15(17)42-25(26)10-3-4-12(30)14(5-10)39-2/h3-7,9,16,18-19,21-24,27-33,35-38H,8H2,1-2H3/t9-,16-,18-,19-,21+,22+,23+,24-,27+,28+/m0/s1. The number of ether oxygens (including phenoxy) is 5. The average molecular weight is 625 g/mol. The Balaban J connectivity index is 1.49. The molecule has 2 fully saturated rings. The van der Waals surface area contributed by atoms with Crippen LogP contribution in [0.15, 0.2) is 39.5 Å². The molecule has 0 amide bonds. The number of hydrogen-bond acceptors (Lipinski definition) is 16. The summed E-state index contributed by atoms with van der Waals surface area (Å²) in [6.45, 7) is 0.845. The van der Waals surface area contributed by atoms with Crippen LogP contribution in [0.1, 0.15) is 6.92 Å². The van der Waals surface area contributed by atoms with Gasteiger partial charge in [0.05, 0.1) is 19.8 Å². The van der Waals surface area contributed by atoms with Crippen molar-refractivity contribution in [1.82, 2.24) is 0 Å². The third-order valence-corrected chi connectivity index (χ3v) is 7.50. The van der Waals surface area contributed by atoms with Gasteiger partial charge in [-0.1, -0.05) is 0 Å². The Morgan fingerprint density at radius 1 is 0.795 bits per heavy atom. The summed E-state index contributed by atoms with van der Waals surface area (Å²) >= 11 is 0. The Kier molecular flexibility index (Phi) is 8.90. The number of aliphatic hydroxyl groups excluding tert-OH is 6. The fraction of sp³-hybridized carbons (Fsp3) is 0.464. The molecular formula is C28H32O16. The number of fused-ring (bicyclic) bond motifs is 1. The molecule has 16 heteroatoms. The zero-order valence-corrected chi connectivity index (χ0v) is 23.3.